The predicted molar refractivity (Wildman–Crippen MR) is 111 cm³/mol. The summed E-state index contributed by atoms with van der Waals surface area (Å²) >= 11 is 0. The van der Waals surface area contributed by atoms with Gasteiger partial charge in [0.25, 0.3) is 5.91 Å². The van der Waals surface area contributed by atoms with Gasteiger partial charge in [0.05, 0.1) is 23.3 Å². The lowest BCUT2D eigenvalue weighted by atomic mass is 9.95. The van der Waals surface area contributed by atoms with Crippen molar-refractivity contribution >= 4 is 11.8 Å². The van der Waals surface area contributed by atoms with Crippen molar-refractivity contribution in [2.24, 2.45) is 7.05 Å². The molecule has 2 saturated heterocycles. The molecule has 2 aliphatic heterocycles. The van der Waals surface area contributed by atoms with Crippen LogP contribution in [0.5, 0.6) is 0 Å². The van der Waals surface area contributed by atoms with Crippen LogP contribution in [0.4, 0.5) is 0 Å². The Morgan fingerprint density at radius 3 is 2.72 bits per heavy atom. The van der Waals surface area contributed by atoms with Gasteiger partial charge < -0.3 is 9.80 Å². The summed E-state index contributed by atoms with van der Waals surface area (Å²) in [6.07, 6.45) is 6.08. The number of likely N-dealkylation sites (tertiary alicyclic amines) is 2. The fraction of sp³-hybridized carbons (Fsp3) is 0.522. The molecule has 6 heteroatoms. The lowest BCUT2D eigenvalue weighted by Crippen LogP contribution is -2.49. The number of hydrogen-bond acceptors (Lipinski definition) is 3. The summed E-state index contributed by atoms with van der Waals surface area (Å²) in [5.74, 6) is 0.264. The van der Waals surface area contributed by atoms with Gasteiger partial charge in [-0.1, -0.05) is 36.2 Å². The van der Waals surface area contributed by atoms with Crippen molar-refractivity contribution in [2.45, 2.75) is 64.6 Å². The van der Waals surface area contributed by atoms with Crippen LogP contribution < -0.4 is 0 Å². The standard InChI is InChI=1S/C23H30N4O2/c1-16-7-6-8-18(13-16)14-27-21-11-12-26(20(21)9-4-5-10-22(27)28)23(29)19-15-25(3)24-17(19)2/h6-8,13,15,20-21H,4-5,9-12,14H2,1-3H3/t20-,21+/m1/s1. The second kappa shape index (κ2) is 8.01. The van der Waals surface area contributed by atoms with Gasteiger partial charge in [-0.25, -0.2) is 0 Å². The number of rotatable bonds is 3. The smallest absolute Gasteiger partial charge is 0.257 e. The molecule has 2 amide bonds. The maximum Gasteiger partial charge on any atom is 0.257 e. The van der Waals surface area contributed by atoms with Crippen molar-refractivity contribution in [3.8, 4) is 0 Å². The summed E-state index contributed by atoms with van der Waals surface area (Å²) in [5.41, 5.74) is 3.80. The molecule has 1 aromatic heterocycles. The molecule has 4 rings (SSSR count). The summed E-state index contributed by atoms with van der Waals surface area (Å²) in [5, 5.41) is 4.34. The highest BCUT2D eigenvalue weighted by molar-refractivity contribution is 5.95. The monoisotopic (exact) mass is 394 g/mol. The highest BCUT2D eigenvalue weighted by atomic mass is 16.2. The number of nitrogens with zero attached hydrogens (tertiary/aromatic N) is 4. The van der Waals surface area contributed by atoms with E-state index in [9.17, 15) is 9.59 Å². The molecular weight excluding hydrogens is 364 g/mol. The number of aryl methyl sites for hydroxylation is 3. The maximum atomic E-state index is 13.3. The van der Waals surface area contributed by atoms with Gasteiger partial charge in [0.1, 0.15) is 0 Å². The van der Waals surface area contributed by atoms with Gasteiger partial charge >= 0.3 is 0 Å². The molecule has 0 bridgehead atoms. The van der Waals surface area contributed by atoms with Crippen molar-refractivity contribution in [1.82, 2.24) is 19.6 Å². The van der Waals surface area contributed by atoms with Gasteiger partial charge in [-0.05, 0) is 38.7 Å². The van der Waals surface area contributed by atoms with Crippen LogP contribution in [0.3, 0.4) is 0 Å². The summed E-state index contributed by atoms with van der Waals surface area (Å²) < 4.78 is 1.70. The summed E-state index contributed by atoms with van der Waals surface area (Å²) in [6, 6.07) is 8.53. The summed E-state index contributed by atoms with van der Waals surface area (Å²) in [6.45, 7) is 5.27. The van der Waals surface area contributed by atoms with Crippen molar-refractivity contribution in [3.63, 3.8) is 0 Å². The van der Waals surface area contributed by atoms with Crippen LogP contribution in [-0.4, -0.2) is 50.0 Å². The normalized spacial score (nSPS) is 22.4. The molecule has 0 aliphatic carbocycles. The van der Waals surface area contributed by atoms with E-state index in [0.717, 1.165) is 36.9 Å². The summed E-state index contributed by atoms with van der Waals surface area (Å²) in [7, 11) is 1.84. The molecule has 0 radical (unpaired) electrons. The highest BCUT2D eigenvalue weighted by Gasteiger charge is 2.42. The number of benzene rings is 1. The van der Waals surface area contributed by atoms with Gasteiger partial charge in [0.15, 0.2) is 0 Å². The number of hydrogen-bond donors (Lipinski definition) is 0. The topological polar surface area (TPSA) is 58.4 Å². The molecule has 0 spiro atoms. The van der Waals surface area contributed by atoms with E-state index in [1.165, 1.54) is 5.56 Å². The Balaban J connectivity index is 1.60. The number of amides is 2. The van der Waals surface area contributed by atoms with Crippen LogP contribution in [0.25, 0.3) is 0 Å². The van der Waals surface area contributed by atoms with Crippen LogP contribution in [0.15, 0.2) is 30.5 Å². The van der Waals surface area contributed by atoms with E-state index in [0.29, 0.717) is 25.1 Å². The fourth-order valence-corrected chi connectivity index (χ4v) is 4.94. The zero-order chi connectivity index (χ0) is 20.5. The zero-order valence-corrected chi connectivity index (χ0v) is 17.6. The van der Waals surface area contributed by atoms with Crippen LogP contribution in [0.2, 0.25) is 0 Å². The molecule has 2 fully saturated rings. The number of carbonyl (C=O) groups excluding carboxylic acids is 2. The molecule has 3 heterocycles. The first-order chi connectivity index (χ1) is 13.9. The lowest BCUT2D eigenvalue weighted by molar-refractivity contribution is -0.135. The van der Waals surface area contributed by atoms with Crippen LogP contribution in [-0.2, 0) is 18.4 Å². The third-order valence-corrected chi connectivity index (χ3v) is 6.31. The van der Waals surface area contributed by atoms with Gasteiger partial charge in [0.2, 0.25) is 5.91 Å². The third kappa shape index (κ3) is 3.93. The average Bonchev–Trinajstić information content (AvgIpc) is 3.23. The minimum absolute atomic E-state index is 0.0478. The van der Waals surface area contributed by atoms with Crippen molar-refractivity contribution in [2.75, 3.05) is 6.54 Å². The average molecular weight is 395 g/mol. The van der Waals surface area contributed by atoms with Crippen LogP contribution in [0, 0.1) is 13.8 Å². The molecule has 154 valence electrons. The van der Waals surface area contributed by atoms with E-state index in [2.05, 4.69) is 30.2 Å². The Labute approximate surface area is 172 Å². The Morgan fingerprint density at radius 2 is 2.00 bits per heavy atom. The molecule has 29 heavy (non-hydrogen) atoms. The second-order valence-corrected chi connectivity index (χ2v) is 8.48. The van der Waals surface area contributed by atoms with Gasteiger partial charge in [-0.3, -0.25) is 14.3 Å². The quantitative estimate of drug-likeness (QED) is 0.803. The molecule has 2 aliphatic rings. The van der Waals surface area contributed by atoms with Gasteiger partial charge in [-0.15, -0.1) is 0 Å². The number of fused-ring (bicyclic) bond motifs is 1. The first-order valence-corrected chi connectivity index (χ1v) is 10.6. The van der Waals surface area contributed by atoms with Crippen LogP contribution in [0.1, 0.15) is 59.3 Å². The Kier molecular flexibility index (Phi) is 5.43. The first kappa shape index (κ1) is 19.7. The van der Waals surface area contributed by atoms with E-state index in [-0.39, 0.29) is 23.9 Å². The summed E-state index contributed by atoms with van der Waals surface area (Å²) in [4.78, 5) is 30.3. The van der Waals surface area contributed by atoms with Crippen LogP contribution >= 0.6 is 0 Å². The number of aromatic nitrogens is 2. The molecule has 2 aromatic rings. The molecule has 0 saturated carbocycles. The highest BCUT2D eigenvalue weighted by Crippen LogP contribution is 2.32. The predicted octanol–water partition coefficient (Wildman–Crippen LogP) is 3.22. The largest absolute Gasteiger partial charge is 0.333 e. The Morgan fingerprint density at radius 1 is 1.17 bits per heavy atom. The fourth-order valence-electron chi connectivity index (χ4n) is 4.94. The molecular formula is C23H30N4O2. The minimum atomic E-state index is 0.0478. The van der Waals surface area contributed by atoms with Gasteiger partial charge in [0, 0.05) is 32.8 Å². The molecule has 0 unspecified atom stereocenters. The third-order valence-electron chi connectivity index (χ3n) is 6.31. The molecule has 2 atom stereocenters. The lowest BCUT2D eigenvalue weighted by Gasteiger charge is -2.37. The minimum Gasteiger partial charge on any atom is -0.333 e. The molecule has 1 aromatic carbocycles. The molecule has 0 N–H and O–H groups in total. The number of carbonyl (C=O) groups is 2. The van der Waals surface area contributed by atoms with Crippen molar-refractivity contribution < 1.29 is 9.59 Å². The Hall–Kier alpha value is -2.63. The van der Waals surface area contributed by atoms with Gasteiger partial charge in [-0.2, -0.15) is 5.10 Å². The van der Waals surface area contributed by atoms with E-state index in [1.807, 2.05) is 36.0 Å². The van der Waals surface area contributed by atoms with E-state index in [1.54, 1.807) is 4.68 Å². The Bertz CT molecular complexity index is 919. The van der Waals surface area contributed by atoms with Crippen molar-refractivity contribution in [3.05, 3.63) is 52.8 Å². The van der Waals surface area contributed by atoms with E-state index in [4.69, 9.17) is 0 Å². The first-order valence-electron chi connectivity index (χ1n) is 10.6. The zero-order valence-electron chi connectivity index (χ0n) is 17.6. The SMILES string of the molecule is Cc1cccc(CN2C(=O)CCCC[C@@H]3[C@@H]2CCN3C(=O)c2cn(C)nc2C)c1. The maximum absolute atomic E-state index is 13.3. The van der Waals surface area contributed by atoms with Crippen molar-refractivity contribution in [1.29, 1.82) is 0 Å². The second-order valence-electron chi connectivity index (χ2n) is 8.48. The van der Waals surface area contributed by atoms with E-state index >= 15 is 0 Å². The van der Waals surface area contributed by atoms with E-state index < -0.39 is 0 Å². The molecule has 6 nitrogen and oxygen atoms in total.